The fourth-order valence-electron chi connectivity index (χ4n) is 1.96. The Bertz CT molecular complexity index is 579. The molecule has 0 heterocycles. The van der Waals surface area contributed by atoms with Crippen LogP contribution in [0, 0.1) is 6.92 Å². The zero-order chi connectivity index (χ0) is 13.8. The molecule has 0 aliphatic carbocycles. The van der Waals surface area contributed by atoms with Gasteiger partial charge in [0.1, 0.15) is 6.10 Å². The summed E-state index contributed by atoms with van der Waals surface area (Å²) < 4.78 is 6.51. The van der Waals surface area contributed by atoms with Crippen LogP contribution in [0.5, 0.6) is 0 Å². The second-order valence-electron chi connectivity index (χ2n) is 4.41. The highest BCUT2D eigenvalue weighted by molar-refractivity contribution is 9.10. The molecule has 19 heavy (non-hydrogen) atoms. The van der Waals surface area contributed by atoms with Gasteiger partial charge in [-0.2, -0.15) is 0 Å². The Hall–Kier alpha value is -1.61. The number of esters is 1. The van der Waals surface area contributed by atoms with Gasteiger partial charge in [0.2, 0.25) is 0 Å². The van der Waals surface area contributed by atoms with Crippen molar-refractivity contribution in [2.45, 2.75) is 20.0 Å². The van der Waals surface area contributed by atoms with Crippen LogP contribution in [0.1, 0.15) is 34.5 Å². The molecule has 0 aliphatic heterocycles. The van der Waals surface area contributed by atoms with Gasteiger partial charge in [-0.3, -0.25) is 0 Å². The standard InChI is InChI=1S/C16H15BrO2/c1-11-10-14(17)8-9-15(11)12(2)19-16(18)13-6-4-3-5-7-13/h3-10,12H,1-2H3/t12-/m1/s1. The number of hydrogen-bond donors (Lipinski definition) is 0. The molecule has 0 N–H and O–H groups in total. The monoisotopic (exact) mass is 318 g/mol. The Kier molecular flexibility index (Phi) is 4.38. The summed E-state index contributed by atoms with van der Waals surface area (Å²) in [5.74, 6) is -0.296. The van der Waals surface area contributed by atoms with Gasteiger partial charge < -0.3 is 4.74 Å². The fourth-order valence-corrected chi connectivity index (χ4v) is 2.44. The molecule has 0 saturated heterocycles. The van der Waals surface area contributed by atoms with E-state index >= 15 is 0 Å². The van der Waals surface area contributed by atoms with E-state index < -0.39 is 0 Å². The first-order valence-electron chi connectivity index (χ1n) is 6.10. The number of ether oxygens (including phenoxy) is 1. The van der Waals surface area contributed by atoms with Crippen LogP contribution in [0.2, 0.25) is 0 Å². The van der Waals surface area contributed by atoms with Crippen LogP contribution >= 0.6 is 15.9 Å². The Morgan fingerprint density at radius 2 is 1.84 bits per heavy atom. The molecule has 2 nitrogen and oxygen atoms in total. The number of rotatable bonds is 3. The third kappa shape index (κ3) is 3.44. The predicted octanol–water partition coefficient (Wildman–Crippen LogP) is 4.68. The van der Waals surface area contributed by atoms with Gasteiger partial charge in [-0.15, -0.1) is 0 Å². The lowest BCUT2D eigenvalue weighted by Crippen LogP contribution is -2.10. The molecule has 2 aromatic rings. The summed E-state index contributed by atoms with van der Waals surface area (Å²) in [6.45, 7) is 3.89. The Balaban J connectivity index is 2.13. The molecule has 0 aliphatic rings. The summed E-state index contributed by atoms with van der Waals surface area (Å²) in [7, 11) is 0. The average Bonchev–Trinajstić information content (AvgIpc) is 2.39. The van der Waals surface area contributed by atoms with Crippen molar-refractivity contribution >= 4 is 21.9 Å². The molecule has 3 heteroatoms. The highest BCUT2D eigenvalue weighted by Crippen LogP contribution is 2.24. The van der Waals surface area contributed by atoms with Crippen molar-refractivity contribution in [2.24, 2.45) is 0 Å². The second-order valence-corrected chi connectivity index (χ2v) is 5.33. The third-order valence-corrected chi connectivity index (χ3v) is 3.46. The molecular formula is C16H15BrO2. The fraction of sp³-hybridized carbons (Fsp3) is 0.188. The molecule has 0 fully saturated rings. The number of aryl methyl sites for hydroxylation is 1. The summed E-state index contributed by atoms with van der Waals surface area (Å²) >= 11 is 3.43. The summed E-state index contributed by atoms with van der Waals surface area (Å²) in [6, 6.07) is 15.0. The van der Waals surface area contributed by atoms with Crippen molar-refractivity contribution in [1.82, 2.24) is 0 Å². The van der Waals surface area contributed by atoms with E-state index in [1.54, 1.807) is 12.1 Å². The number of hydrogen-bond acceptors (Lipinski definition) is 2. The zero-order valence-corrected chi connectivity index (χ0v) is 12.5. The quantitative estimate of drug-likeness (QED) is 0.768. The first-order chi connectivity index (χ1) is 9.08. The van der Waals surface area contributed by atoms with E-state index in [2.05, 4.69) is 15.9 Å². The van der Waals surface area contributed by atoms with Crippen LogP contribution in [0.25, 0.3) is 0 Å². The molecule has 0 unspecified atom stereocenters. The minimum atomic E-state index is -0.296. The van der Waals surface area contributed by atoms with Crippen LogP contribution in [-0.2, 0) is 4.74 Å². The summed E-state index contributed by atoms with van der Waals surface area (Å²) in [5.41, 5.74) is 2.69. The maximum Gasteiger partial charge on any atom is 0.338 e. The number of carbonyl (C=O) groups excluding carboxylic acids is 1. The Morgan fingerprint density at radius 3 is 2.47 bits per heavy atom. The molecule has 0 spiro atoms. The lowest BCUT2D eigenvalue weighted by Gasteiger charge is -2.16. The zero-order valence-electron chi connectivity index (χ0n) is 10.9. The van der Waals surface area contributed by atoms with Gasteiger partial charge in [0.15, 0.2) is 0 Å². The van der Waals surface area contributed by atoms with Gasteiger partial charge in [0.05, 0.1) is 5.56 Å². The van der Waals surface area contributed by atoms with Gasteiger partial charge in [0.25, 0.3) is 0 Å². The van der Waals surface area contributed by atoms with Gasteiger partial charge in [-0.25, -0.2) is 4.79 Å². The van der Waals surface area contributed by atoms with E-state index in [1.807, 2.05) is 50.2 Å². The minimum absolute atomic E-state index is 0.263. The molecule has 98 valence electrons. The van der Waals surface area contributed by atoms with Crippen molar-refractivity contribution in [3.63, 3.8) is 0 Å². The first kappa shape index (κ1) is 13.8. The van der Waals surface area contributed by atoms with E-state index in [9.17, 15) is 4.79 Å². The number of benzene rings is 2. The molecule has 1 atom stereocenters. The average molecular weight is 319 g/mol. The molecule has 2 aromatic carbocycles. The molecule has 0 radical (unpaired) electrons. The second kappa shape index (κ2) is 6.02. The molecular weight excluding hydrogens is 304 g/mol. The normalized spacial score (nSPS) is 11.9. The van der Waals surface area contributed by atoms with Gasteiger partial charge in [0, 0.05) is 4.47 Å². The van der Waals surface area contributed by atoms with Crippen molar-refractivity contribution < 1.29 is 9.53 Å². The third-order valence-electron chi connectivity index (χ3n) is 2.96. The maximum atomic E-state index is 12.0. The molecule has 2 rings (SSSR count). The summed E-state index contributed by atoms with van der Waals surface area (Å²) in [4.78, 5) is 12.0. The molecule has 0 amide bonds. The highest BCUT2D eigenvalue weighted by Gasteiger charge is 2.15. The molecule has 0 saturated carbocycles. The minimum Gasteiger partial charge on any atom is -0.454 e. The molecule has 0 aromatic heterocycles. The number of halogens is 1. The van der Waals surface area contributed by atoms with E-state index in [-0.39, 0.29) is 12.1 Å². The SMILES string of the molecule is Cc1cc(Br)ccc1[C@@H](C)OC(=O)c1ccccc1. The smallest absolute Gasteiger partial charge is 0.338 e. The largest absolute Gasteiger partial charge is 0.454 e. The summed E-state index contributed by atoms with van der Waals surface area (Å²) in [5, 5.41) is 0. The van der Waals surface area contributed by atoms with E-state index in [0.29, 0.717) is 5.56 Å². The Morgan fingerprint density at radius 1 is 1.16 bits per heavy atom. The molecule has 0 bridgehead atoms. The topological polar surface area (TPSA) is 26.3 Å². The van der Waals surface area contributed by atoms with Gasteiger partial charge >= 0.3 is 5.97 Å². The van der Waals surface area contributed by atoms with E-state index in [4.69, 9.17) is 4.74 Å². The van der Waals surface area contributed by atoms with Crippen LogP contribution in [-0.4, -0.2) is 5.97 Å². The summed E-state index contributed by atoms with van der Waals surface area (Å²) in [6.07, 6.45) is -0.263. The van der Waals surface area contributed by atoms with E-state index in [1.165, 1.54) is 0 Å². The van der Waals surface area contributed by atoms with Gasteiger partial charge in [-0.05, 0) is 49.2 Å². The van der Waals surface area contributed by atoms with Crippen molar-refractivity contribution in [3.05, 3.63) is 69.7 Å². The van der Waals surface area contributed by atoms with Crippen LogP contribution in [0.4, 0.5) is 0 Å². The lowest BCUT2D eigenvalue weighted by molar-refractivity contribution is 0.0337. The van der Waals surface area contributed by atoms with Crippen LogP contribution in [0.15, 0.2) is 53.0 Å². The lowest BCUT2D eigenvalue weighted by atomic mass is 10.0. The highest BCUT2D eigenvalue weighted by atomic mass is 79.9. The first-order valence-corrected chi connectivity index (χ1v) is 6.89. The Labute approximate surface area is 121 Å². The predicted molar refractivity (Wildman–Crippen MR) is 79.2 cm³/mol. The van der Waals surface area contributed by atoms with Crippen LogP contribution < -0.4 is 0 Å². The maximum absolute atomic E-state index is 12.0. The van der Waals surface area contributed by atoms with Gasteiger partial charge in [-0.1, -0.05) is 40.2 Å². The van der Waals surface area contributed by atoms with Crippen molar-refractivity contribution in [2.75, 3.05) is 0 Å². The number of carbonyl (C=O) groups is 1. The van der Waals surface area contributed by atoms with Crippen molar-refractivity contribution in [1.29, 1.82) is 0 Å². The van der Waals surface area contributed by atoms with Crippen molar-refractivity contribution in [3.8, 4) is 0 Å². The van der Waals surface area contributed by atoms with E-state index in [0.717, 1.165) is 15.6 Å². The van der Waals surface area contributed by atoms with Crippen LogP contribution in [0.3, 0.4) is 0 Å².